The summed E-state index contributed by atoms with van der Waals surface area (Å²) in [5.41, 5.74) is 1.17. The Labute approximate surface area is 115 Å². The van der Waals surface area contributed by atoms with Crippen molar-refractivity contribution in [2.24, 2.45) is 5.92 Å². The van der Waals surface area contributed by atoms with Gasteiger partial charge < -0.3 is 9.64 Å². The topological polar surface area (TPSA) is 29.5 Å². The zero-order valence-corrected chi connectivity index (χ0v) is 12.1. The maximum atomic E-state index is 12.4. The highest BCUT2D eigenvalue weighted by Gasteiger charge is 2.33. The van der Waals surface area contributed by atoms with Crippen molar-refractivity contribution < 1.29 is 9.53 Å². The monoisotopic (exact) mass is 261 g/mol. The van der Waals surface area contributed by atoms with Crippen LogP contribution in [-0.2, 0) is 11.3 Å². The van der Waals surface area contributed by atoms with E-state index in [1.165, 1.54) is 5.56 Å². The second-order valence-electron chi connectivity index (χ2n) is 5.35. The van der Waals surface area contributed by atoms with Crippen LogP contribution < -0.4 is 4.74 Å². The average Bonchev–Trinajstić information content (AvgIpc) is 3.28. The zero-order valence-electron chi connectivity index (χ0n) is 12.1. The van der Waals surface area contributed by atoms with Gasteiger partial charge in [0.15, 0.2) is 0 Å². The van der Waals surface area contributed by atoms with Gasteiger partial charge in [0.1, 0.15) is 5.75 Å². The summed E-state index contributed by atoms with van der Waals surface area (Å²) in [6, 6.07) is 8.45. The number of carbonyl (C=O) groups excluding carboxylic acids is 1. The fraction of sp³-hybridized carbons (Fsp3) is 0.562. The van der Waals surface area contributed by atoms with Gasteiger partial charge in [-0.25, -0.2) is 0 Å². The lowest BCUT2D eigenvalue weighted by Crippen LogP contribution is -2.36. The highest BCUT2D eigenvalue weighted by molar-refractivity contribution is 5.79. The molecule has 0 radical (unpaired) electrons. The van der Waals surface area contributed by atoms with Crippen molar-refractivity contribution in [1.29, 1.82) is 0 Å². The van der Waals surface area contributed by atoms with Gasteiger partial charge in [-0.05, 0) is 37.0 Å². The van der Waals surface area contributed by atoms with Gasteiger partial charge in [0.25, 0.3) is 0 Å². The molecule has 0 spiro atoms. The van der Waals surface area contributed by atoms with E-state index in [4.69, 9.17) is 4.74 Å². The molecule has 1 aliphatic carbocycles. The predicted molar refractivity (Wildman–Crippen MR) is 76.0 cm³/mol. The molecule has 0 N–H and O–H groups in total. The Bertz CT molecular complexity index is 423. The van der Waals surface area contributed by atoms with E-state index < -0.39 is 0 Å². The number of methoxy groups -OCH3 is 1. The Morgan fingerprint density at radius 3 is 2.47 bits per heavy atom. The van der Waals surface area contributed by atoms with Crippen molar-refractivity contribution in [3.8, 4) is 5.75 Å². The van der Waals surface area contributed by atoms with E-state index in [0.29, 0.717) is 11.9 Å². The first-order valence-electron chi connectivity index (χ1n) is 7.09. The molecule has 1 aromatic carbocycles. The van der Waals surface area contributed by atoms with Gasteiger partial charge in [-0.3, -0.25) is 4.79 Å². The van der Waals surface area contributed by atoms with E-state index in [-0.39, 0.29) is 5.92 Å². The third-order valence-corrected chi connectivity index (χ3v) is 3.82. The number of ether oxygens (including phenoxy) is 1. The normalized spacial score (nSPS) is 15.9. The third kappa shape index (κ3) is 3.49. The fourth-order valence-electron chi connectivity index (χ4n) is 2.16. The van der Waals surface area contributed by atoms with Gasteiger partial charge in [0.05, 0.1) is 7.11 Å². The summed E-state index contributed by atoms with van der Waals surface area (Å²) in [6.07, 6.45) is 3.21. The first-order valence-corrected chi connectivity index (χ1v) is 7.09. The molecule has 1 fully saturated rings. The zero-order chi connectivity index (χ0) is 13.8. The molecule has 0 aromatic heterocycles. The Morgan fingerprint density at radius 1 is 1.37 bits per heavy atom. The molecule has 1 aromatic rings. The minimum absolute atomic E-state index is 0.124. The van der Waals surface area contributed by atoms with Crippen LogP contribution in [0.5, 0.6) is 5.75 Å². The average molecular weight is 261 g/mol. The Hall–Kier alpha value is -1.51. The van der Waals surface area contributed by atoms with Gasteiger partial charge in [-0.2, -0.15) is 0 Å². The summed E-state index contributed by atoms with van der Waals surface area (Å²) in [6.45, 7) is 4.81. The quantitative estimate of drug-likeness (QED) is 0.787. The molecule has 0 heterocycles. The van der Waals surface area contributed by atoms with Gasteiger partial charge in [0.2, 0.25) is 5.91 Å². The Kier molecular flexibility index (Phi) is 4.46. The first-order chi connectivity index (χ1) is 9.15. The molecule has 1 unspecified atom stereocenters. The largest absolute Gasteiger partial charge is 0.497 e. The summed E-state index contributed by atoms with van der Waals surface area (Å²) in [7, 11) is 1.66. The molecule has 1 aliphatic rings. The van der Waals surface area contributed by atoms with Gasteiger partial charge >= 0.3 is 0 Å². The summed E-state index contributed by atoms with van der Waals surface area (Å²) < 4.78 is 5.16. The van der Waals surface area contributed by atoms with Crippen LogP contribution >= 0.6 is 0 Å². The van der Waals surface area contributed by atoms with E-state index in [2.05, 4.69) is 11.8 Å². The number of benzene rings is 1. The van der Waals surface area contributed by atoms with Crippen molar-refractivity contribution in [2.75, 3.05) is 7.11 Å². The van der Waals surface area contributed by atoms with Crippen LogP contribution in [0.25, 0.3) is 0 Å². The molecule has 1 saturated carbocycles. The van der Waals surface area contributed by atoms with Crippen LogP contribution in [-0.4, -0.2) is 24.0 Å². The van der Waals surface area contributed by atoms with Gasteiger partial charge in [0, 0.05) is 18.5 Å². The minimum atomic E-state index is 0.124. The predicted octanol–water partition coefficient (Wildman–Crippen LogP) is 3.23. The summed E-state index contributed by atoms with van der Waals surface area (Å²) in [5, 5.41) is 0. The van der Waals surface area contributed by atoms with Crippen LogP contribution in [0.4, 0.5) is 0 Å². The van der Waals surface area contributed by atoms with Crippen molar-refractivity contribution in [2.45, 2.75) is 45.7 Å². The highest BCUT2D eigenvalue weighted by atomic mass is 16.5. The SMILES string of the molecule is CCC(C)C(=O)N(Cc1ccc(OC)cc1)C1CC1. The van der Waals surface area contributed by atoms with Crippen LogP contribution in [0.1, 0.15) is 38.7 Å². The van der Waals surface area contributed by atoms with E-state index in [9.17, 15) is 4.79 Å². The Balaban J connectivity index is 2.05. The molecule has 1 atom stereocenters. The molecule has 3 heteroatoms. The molecule has 19 heavy (non-hydrogen) atoms. The van der Waals surface area contributed by atoms with E-state index >= 15 is 0 Å². The lowest BCUT2D eigenvalue weighted by Gasteiger charge is -2.25. The smallest absolute Gasteiger partial charge is 0.225 e. The maximum Gasteiger partial charge on any atom is 0.225 e. The molecular formula is C16H23NO2. The van der Waals surface area contributed by atoms with Crippen LogP contribution in [0.15, 0.2) is 24.3 Å². The maximum absolute atomic E-state index is 12.4. The molecule has 0 aliphatic heterocycles. The number of rotatable bonds is 6. The van der Waals surface area contributed by atoms with Gasteiger partial charge in [-0.1, -0.05) is 26.0 Å². The molecule has 3 nitrogen and oxygen atoms in total. The standard InChI is InChI=1S/C16H23NO2/c1-4-12(2)16(18)17(14-7-8-14)11-13-5-9-15(19-3)10-6-13/h5-6,9-10,12,14H,4,7-8,11H2,1-3H3. The summed E-state index contributed by atoms with van der Waals surface area (Å²) in [5.74, 6) is 1.27. The van der Waals surface area contributed by atoms with E-state index in [0.717, 1.165) is 31.6 Å². The van der Waals surface area contributed by atoms with Crippen LogP contribution in [0.3, 0.4) is 0 Å². The number of hydrogen-bond acceptors (Lipinski definition) is 2. The number of hydrogen-bond donors (Lipinski definition) is 0. The van der Waals surface area contributed by atoms with Crippen LogP contribution in [0.2, 0.25) is 0 Å². The molecule has 2 rings (SSSR count). The molecule has 0 bridgehead atoms. The number of nitrogens with zero attached hydrogens (tertiary/aromatic N) is 1. The van der Waals surface area contributed by atoms with Crippen molar-refractivity contribution >= 4 is 5.91 Å². The number of carbonyl (C=O) groups is 1. The van der Waals surface area contributed by atoms with E-state index in [1.54, 1.807) is 7.11 Å². The second kappa shape index (κ2) is 6.09. The Morgan fingerprint density at radius 2 is 2.00 bits per heavy atom. The van der Waals surface area contributed by atoms with E-state index in [1.807, 2.05) is 31.2 Å². The van der Waals surface area contributed by atoms with Crippen molar-refractivity contribution in [3.63, 3.8) is 0 Å². The number of amides is 1. The lowest BCUT2D eigenvalue weighted by atomic mass is 10.1. The van der Waals surface area contributed by atoms with Crippen LogP contribution in [0, 0.1) is 5.92 Å². The molecule has 104 valence electrons. The molecule has 0 saturated heterocycles. The first kappa shape index (κ1) is 13.9. The highest BCUT2D eigenvalue weighted by Crippen LogP contribution is 2.30. The lowest BCUT2D eigenvalue weighted by molar-refractivity contribution is -0.136. The third-order valence-electron chi connectivity index (χ3n) is 3.82. The van der Waals surface area contributed by atoms with Crippen molar-refractivity contribution in [1.82, 2.24) is 4.90 Å². The molecular weight excluding hydrogens is 238 g/mol. The summed E-state index contributed by atoms with van der Waals surface area (Å²) in [4.78, 5) is 14.4. The molecule has 1 amide bonds. The van der Waals surface area contributed by atoms with Crippen molar-refractivity contribution in [3.05, 3.63) is 29.8 Å². The fourth-order valence-corrected chi connectivity index (χ4v) is 2.16. The second-order valence-corrected chi connectivity index (χ2v) is 5.35. The summed E-state index contributed by atoms with van der Waals surface area (Å²) >= 11 is 0. The minimum Gasteiger partial charge on any atom is -0.497 e. The van der Waals surface area contributed by atoms with Gasteiger partial charge in [-0.15, -0.1) is 0 Å².